The molecule has 162 valence electrons. The molecule has 0 radical (unpaired) electrons. The van der Waals surface area contributed by atoms with E-state index in [2.05, 4.69) is 26.1 Å². The first-order chi connectivity index (χ1) is 13.1. The van der Waals surface area contributed by atoms with E-state index in [1.807, 2.05) is 36.7 Å². The molecule has 3 N–H and O–H groups in total. The quantitative estimate of drug-likeness (QED) is 0.526. The fourth-order valence-electron chi connectivity index (χ4n) is 3.51. The summed E-state index contributed by atoms with van der Waals surface area (Å²) < 4.78 is 1.94. The third-order valence-electron chi connectivity index (χ3n) is 5.22. The van der Waals surface area contributed by atoms with Gasteiger partial charge in [-0.3, -0.25) is 4.79 Å². The number of carbonyl (C=O) groups is 1. The number of nitrogen functional groups attached to an aromatic ring is 1. The van der Waals surface area contributed by atoms with E-state index < -0.39 is 0 Å². The van der Waals surface area contributed by atoms with Crippen LogP contribution in [0.5, 0.6) is 0 Å². The van der Waals surface area contributed by atoms with E-state index in [0.29, 0.717) is 17.2 Å². The van der Waals surface area contributed by atoms with Crippen LogP contribution in [0.3, 0.4) is 0 Å². The van der Waals surface area contributed by atoms with Gasteiger partial charge in [0.25, 0.3) is 5.91 Å². The smallest absolute Gasteiger partial charge is 0.256 e. The van der Waals surface area contributed by atoms with Gasteiger partial charge in [-0.1, -0.05) is 6.07 Å². The lowest BCUT2D eigenvalue weighted by molar-refractivity contribution is 0.102. The van der Waals surface area contributed by atoms with Crippen LogP contribution in [0.1, 0.15) is 66.8 Å². The molecule has 2 heterocycles. The predicted molar refractivity (Wildman–Crippen MR) is 127 cm³/mol. The number of hydrogen-bond acceptors (Lipinski definition) is 4. The Morgan fingerprint density at radius 3 is 2.43 bits per heavy atom. The van der Waals surface area contributed by atoms with Crippen LogP contribution in [0.2, 0.25) is 0 Å². The molecule has 8 heteroatoms. The third-order valence-corrected chi connectivity index (χ3v) is 5.22. The summed E-state index contributed by atoms with van der Waals surface area (Å²) in [5.74, 6) is 0.285. The van der Waals surface area contributed by atoms with Gasteiger partial charge >= 0.3 is 0 Å². The molecule has 1 aliphatic rings. The van der Waals surface area contributed by atoms with Gasteiger partial charge in [-0.15, -0.1) is 24.8 Å². The SMILES string of the molecule is Cc1ccc(N)cc1NC(=O)c1cc(C2CC2)nc2c1c(C)nn2C(C)(C)C.Cl.Cl. The topological polar surface area (TPSA) is 85.8 Å². The van der Waals surface area contributed by atoms with E-state index in [9.17, 15) is 4.79 Å². The molecule has 0 aliphatic heterocycles. The van der Waals surface area contributed by atoms with Crippen molar-refractivity contribution in [2.24, 2.45) is 0 Å². The Labute approximate surface area is 189 Å². The number of aromatic nitrogens is 3. The second-order valence-electron chi connectivity index (χ2n) is 8.76. The average molecular weight is 450 g/mol. The van der Waals surface area contributed by atoms with Crippen LogP contribution in [-0.4, -0.2) is 20.7 Å². The molecule has 1 fully saturated rings. The van der Waals surface area contributed by atoms with Crippen LogP contribution in [0, 0.1) is 13.8 Å². The van der Waals surface area contributed by atoms with Crippen molar-refractivity contribution in [3.05, 3.63) is 46.8 Å². The number of nitrogens with zero attached hydrogens (tertiary/aromatic N) is 3. The van der Waals surface area contributed by atoms with Gasteiger partial charge in [-0.25, -0.2) is 9.67 Å². The molecule has 0 unspecified atom stereocenters. The fourth-order valence-corrected chi connectivity index (χ4v) is 3.51. The highest BCUT2D eigenvalue weighted by molar-refractivity contribution is 6.13. The van der Waals surface area contributed by atoms with Crippen LogP contribution in [-0.2, 0) is 5.54 Å². The molecule has 0 atom stereocenters. The monoisotopic (exact) mass is 449 g/mol. The number of benzene rings is 1. The standard InChI is InChI=1S/C22H27N5O.2ClH/c1-12-6-9-15(23)10-17(12)25-21(28)16-11-18(14-7-8-14)24-20-19(16)13(2)26-27(20)22(3,4)5;;/h6,9-11,14H,7-8,23H2,1-5H3,(H,25,28);2*1H. The molecule has 1 saturated carbocycles. The number of pyridine rings is 1. The molecule has 0 bridgehead atoms. The molecule has 0 spiro atoms. The Balaban J connectivity index is 0.00000160. The van der Waals surface area contributed by atoms with Crippen LogP contribution in [0.25, 0.3) is 11.0 Å². The van der Waals surface area contributed by atoms with Crippen molar-refractivity contribution in [3.63, 3.8) is 0 Å². The number of amides is 1. The number of nitrogens with one attached hydrogen (secondary N) is 1. The maximum absolute atomic E-state index is 13.3. The molecule has 1 aromatic carbocycles. The molecular formula is C22H29Cl2N5O. The number of fused-ring (bicyclic) bond motifs is 1. The van der Waals surface area contributed by atoms with E-state index in [-0.39, 0.29) is 36.3 Å². The summed E-state index contributed by atoms with van der Waals surface area (Å²) in [5, 5.41) is 8.57. The van der Waals surface area contributed by atoms with Crippen LogP contribution in [0.15, 0.2) is 24.3 Å². The summed E-state index contributed by atoms with van der Waals surface area (Å²) >= 11 is 0. The molecule has 30 heavy (non-hydrogen) atoms. The van der Waals surface area contributed by atoms with Gasteiger partial charge in [0.15, 0.2) is 5.65 Å². The summed E-state index contributed by atoms with van der Waals surface area (Å²) in [5.41, 5.74) is 11.2. The molecule has 1 aliphatic carbocycles. The highest BCUT2D eigenvalue weighted by Gasteiger charge is 2.30. The van der Waals surface area contributed by atoms with E-state index in [4.69, 9.17) is 15.8 Å². The summed E-state index contributed by atoms with van der Waals surface area (Å²) in [6.07, 6.45) is 2.24. The molecule has 0 saturated heterocycles. The van der Waals surface area contributed by atoms with Crippen molar-refractivity contribution in [1.29, 1.82) is 0 Å². The Morgan fingerprint density at radius 2 is 1.83 bits per heavy atom. The van der Waals surface area contributed by atoms with Crippen LogP contribution < -0.4 is 11.1 Å². The number of halogens is 2. The Morgan fingerprint density at radius 1 is 1.17 bits per heavy atom. The fraction of sp³-hybridized carbons (Fsp3) is 0.409. The first-order valence-corrected chi connectivity index (χ1v) is 9.73. The van der Waals surface area contributed by atoms with E-state index in [0.717, 1.165) is 46.5 Å². The normalized spacial score (nSPS) is 13.5. The minimum Gasteiger partial charge on any atom is -0.399 e. The largest absolute Gasteiger partial charge is 0.399 e. The Hall–Kier alpha value is -2.31. The van der Waals surface area contributed by atoms with Crippen molar-refractivity contribution >= 4 is 53.1 Å². The maximum atomic E-state index is 13.3. The number of carbonyl (C=O) groups excluding carboxylic acids is 1. The zero-order valence-corrected chi connectivity index (χ0v) is 19.6. The Bertz CT molecular complexity index is 1100. The first-order valence-electron chi connectivity index (χ1n) is 9.73. The molecule has 4 rings (SSSR count). The van der Waals surface area contributed by atoms with Gasteiger partial charge in [0.2, 0.25) is 0 Å². The number of aryl methyl sites for hydroxylation is 2. The van der Waals surface area contributed by atoms with Gasteiger partial charge in [0.05, 0.1) is 22.2 Å². The van der Waals surface area contributed by atoms with Crippen molar-refractivity contribution in [1.82, 2.24) is 14.8 Å². The van der Waals surface area contributed by atoms with Crippen molar-refractivity contribution in [2.75, 3.05) is 11.1 Å². The van der Waals surface area contributed by atoms with Gasteiger partial charge in [-0.05, 0) is 71.2 Å². The predicted octanol–water partition coefficient (Wildman–Crippen LogP) is 5.36. The lowest BCUT2D eigenvalue weighted by atomic mass is 10.1. The number of nitrogens with two attached hydrogens (primary N) is 1. The maximum Gasteiger partial charge on any atom is 0.256 e. The zero-order chi connectivity index (χ0) is 20.2. The summed E-state index contributed by atoms with van der Waals surface area (Å²) in [7, 11) is 0. The Kier molecular flexibility index (Phi) is 6.74. The van der Waals surface area contributed by atoms with E-state index >= 15 is 0 Å². The average Bonchev–Trinajstić information content (AvgIpc) is 3.40. The van der Waals surface area contributed by atoms with Gasteiger partial charge in [0.1, 0.15) is 0 Å². The molecule has 1 amide bonds. The van der Waals surface area contributed by atoms with Crippen molar-refractivity contribution in [3.8, 4) is 0 Å². The minimum absolute atomic E-state index is 0. The second kappa shape index (κ2) is 8.44. The summed E-state index contributed by atoms with van der Waals surface area (Å²) in [4.78, 5) is 18.2. The minimum atomic E-state index is -0.222. The van der Waals surface area contributed by atoms with E-state index in [1.54, 1.807) is 6.07 Å². The first kappa shape index (κ1) is 24.0. The number of hydrogen-bond donors (Lipinski definition) is 2. The number of rotatable bonds is 3. The van der Waals surface area contributed by atoms with Gasteiger partial charge in [0, 0.05) is 23.0 Å². The highest BCUT2D eigenvalue weighted by Crippen LogP contribution is 2.41. The summed E-state index contributed by atoms with van der Waals surface area (Å²) in [6.45, 7) is 10.2. The second-order valence-corrected chi connectivity index (χ2v) is 8.76. The van der Waals surface area contributed by atoms with Crippen molar-refractivity contribution < 1.29 is 4.79 Å². The molecule has 2 aromatic heterocycles. The van der Waals surface area contributed by atoms with Crippen LogP contribution >= 0.6 is 24.8 Å². The lowest BCUT2D eigenvalue weighted by Crippen LogP contribution is -2.24. The van der Waals surface area contributed by atoms with Gasteiger partial charge < -0.3 is 11.1 Å². The molecular weight excluding hydrogens is 421 g/mol. The third kappa shape index (κ3) is 4.40. The summed E-state index contributed by atoms with van der Waals surface area (Å²) in [6, 6.07) is 7.47. The van der Waals surface area contributed by atoms with Crippen LogP contribution in [0.4, 0.5) is 11.4 Å². The van der Waals surface area contributed by atoms with Crippen molar-refractivity contribution in [2.45, 2.75) is 58.9 Å². The van der Waals surface area contributed by atoms with Gasteiger partial charge in [-0.2, -0.15) is 5.10 Å². The molecule has 3 aromatic rings. The lowest BCUT2D eigenvalue weighted by Gasteiger charge is -2.20. The zero-order valence-electron chi connectivity index (χ0n) is 17.9. The highest BCUT2D eigenvalue weighted by atomic mass is 35.5. The van der Waals surface area contributed by atoms with E-state index in [1.165, 1.54) is 0 Å². The molecule has 6 nitrogen and oxygen atoms in total. The number of anilines is 2.